The van der Waals surface area contributed by atoms with E-state index in [1.54, 1.807) is 0 Å². The first-order valence-corrected chi connectivity index (χ1v) is 5.98. The fourth-order valence-corrected chi connectivity index (χ4v) is 2.37. The molecule has 0 saturated heterocycles. The Morgan fingerprint density at radius 1 is 1.20 bits per heavy atom. The van der Waals surface area contributed by atoms with Crippen LogP contribution in [0, 0.1) is 25.7 Å². The van der Waals surface area contributed by atoms with E-state index in [-0.39, 0.29) is 0 Å². The quantitative estimate of drug-likeness (QED) is 0.788. The third kappa shape index (κ3) is 2.17. The van der Waals surface area contributed by atoms with Crippen molar-refractivity contribution >= 4 is 5.69 Å². The van der Waals surface area contributed by atoms with Gasteiger partial charge in [0.15, 0.2) is 0 Å². The van der Waals surface area contributed by atoms with Gasteiger partial charge in [-0.2, -0.15) is 0 Å². The molecule has 1 saturated carbocycles. The summed E-state index contributed by atoms with van der Waals surface area (Å²) in [5.74, 6) is 1.81. The third-order valence-corrected chi connectivity index (χ3v) is 3.82. The van der Waals surface area contributed by atoms with Crippen LogP contribution in [0.5, 0.6) is 0 Å². The summed E-state index contributed by atoms with van der Waals surface area (Å²) in [6.45, 7) is 7.87. The van der Waals surface area contributed by atoms with Gasteiger partial charge in [0.2, 0.25) is 0 Å². The number of rotatable bonds is 3. The monoisotopic (exact) mass is 203 g/mol. The van der Waals surface area contributed by atoms with Crippen LogP contribution in [0.1, 0.15) is 30.9 Å². The number of hydrogen-bond acceptors (Lipinski definition) is 1. The molecule has 1 aliphatic carbocycles. The predicted molar refractivity (Wildman–Crippen MR) is 66.3 cm³/mol. The molecule has 0 bridgehead atoms. The Labute approximate surface area is 92.9 Å². The molecule has 0 heterocycles. The third-order valence-electron chi connectivity index (χ3n) is 3.82. The molecule has 0 spiro atoms. The Bertz CT molecular complexity index is 323. The summed E-state index contributed by atoms with van der Waals surface area (Å²) >= 11 is 0. The second-order valence-corrected chi connectivity index (χ2v) is 4.96. The van der Waals surface area contributed by atoms with Crippen molar-refractivity contribution in [3.63, 3.8) is 0 Å². The van der Waals surface area contributed by atoms with Crippen molar-refractivity contribution in [3.8, 4) is 0 Å². The lowest BCUT2D eigenvalue weighted by molar-refractivity contribution is 0.210. The highest BCUT2D eigenvalue weighted by atomic mass is 14.9. The van der Waals surface area contributed by atoms with Gasteiger partial charge in [-0.25, -0.2) is 0 Å². The minimum atomic E-state index is 0.893. The maximum Gasteiger partial charge on any atom is 0.0399 e. The molecule has 0 aromatic heterocycles. The van der Waals surface area contributed by atoms with Crippen molar-refractivity contribution in [3.05, 3.63) is 29.3 Å². The van der Waals surface area contributed by atoms with Crippen LogP contribution in [0.3, 0.4) is 0 Å². The Balaban J connectivity index is 1.98. The van der Waals surface area contributed by atoms with E-state index in [1.807, 2.05) is 0 Å². The molecule has 1 aromatic carbocycles. The van der Waals surface area contributed by atoms with E-state index >= 15 is 0 Å². The molecule has 2 rings (SSSR count). The number of anilines is 1. The number of para-hydroxylation sites is 1. The van der Waals surface area contributed by atoms with Crippen molar-refractivity contribution in [1.29, 1.82) is 0 Å². The highest BCUT2D eigenvalue weighted by Crippen LogP contribution is 2.34. The molecule has 0 aliphatic heterocycles. The average Bonchev–Trinajstić information content (AvgIpc) is 2.20. The topological polar surface area (TPSA) is 12.0 Å². The molecule has 0 unspecified atom stereocenters. The number of nitrogens with one attached hydrogen (secondary N) is 1. The molecule has 0 amide bonds. The van der Waals surface area contributed by atoms with E-state index in [9.17, 15) is 0 Å². The molecule has 1 aromatic rings. The smallest absolute Gasteiger partial charge is 0.0399 e. The summed E-state index contributed by atoms with van der Waals surface area (Å²) in [7, 11) is 0. The molecular formula is C14H21N. The molecule has 2 atom stereocenters. The van der Waals surface area contributed by atoms with Crippen molar-refractivity contribution in [2.24, 2.45) is 11.8 Å². The Morgan fingerprint density at radius 2 is 1.87 bits per heavy atom. The number of hydrogen-bond donors (Lipinski definition) is 1. The van der Waals surface area contributed by atoms with Crippen molar-refractivity contribution in [2.75, 3.05) is 11.9 Å². The van der Waals surface area contributed by atoms with Crippen molar-refractivity contribution in [1.82, 2.24) is 0 Å². The Hall–Kier alpha value is -0.980. The van der Waals surface area contributed by atoms with Gasteiger partial charge in [-0.3, -0.25) is 0 Å². The second-order valence-electron chi connectivity index (χ2n) is 4.96. The zero-order valence-electron chi connectivity index (χ0n) is 10.0. The zero-order valence-corrected chi connectivity index (χ0v) is 10.0. The molecule has 1 heteroatoms. The zero-order chi connectivity index (χ0) is 10.8. The van der Waals surface area contributed by atoms with E-state index in [0.29, 0.717) is 0 Å². The number of benzene rings is 1. The van der Waals surface area contributed by atoms with Gasteiger partial charge in [0.05, 0.1) is 0 Å². The van der Waals surface area contributed by atoms with E-state index in [2.05, 4.69) is 44.3 Å². The molecule has 1 nitrogen and oxygen atoms in total. The lowest BCUT2D eigenvalue weighted by Crippen LogP contribution is -2.29. The number of aryl methyl sites for hydroxylation is 2. The molecule has 15 heavy (non-hydrogen) atoms. The molecular weight excluding hydrogens is 182 g/mol. The minimum Gasteiger partial charge on any atom is -0.384 e. The van der Waals surface area contributed by atoms with Crippen LogP contribution in [0.4, 0.5) is 5.69 Å². The second kappa shape index (κ2) is 4.26. The van der Waals surface area contributed by atoms with Crippen LogP contribution in [0.25, 0.3) is 0 Å². The van der Waals surface area contributed by atoms with E-state index in [0.717, 1.165) is 18.4 Å². The van der Waals surface area contributed by atoms with Crippen molar-refractivity contribution in [2.45, 2.75) is 33.6 Å². The summed E-state index contributed by atoms with van der Waals surface area (Å²) in [4.78, 5) is 0. The first kappa shape index (κ1) is 10.5. The summed E-state index contributed by atoms with van der Waals surface area (Å²) in [6.07, 6.45) is 2.82. The van der Waals surface area contributed by atoms with Gasteiger partial charge in [0.25, 0.3) is 0 Å². The standard InChI is InChI=1S/C14H21N/c1-10-7-8-13(10)9-15-14-11(2)5-4-6-12(14)3/h4-6,10,13,15H,7-9H2,1-3H3/t10-,13-/m1/s1. The molecule has 1 fully saturated rings. The lowest BCUT2D eigenvalue weighted by Gasteiger charge is -2.34. The first-order chi connectivity index (χ1) is 7.18. The largest absolute Gasteiger partial charge is 0.384 e. The van der Waals surface area contributed by atoms with E-state index in [4.69, 9.17) is 0 Å². The average molecular weight is 203 g/mol. The minimum absolute atomic E-state index is 0.893. The summed E-state index contributed by atoms with van der Waals surface area (Å²) in [5.41, 5.74) is 4.07. The van der Waals surface area contributed by atoms with Gasteiger partial charge in [-0.05, 0) is 43.2 Å². The summed E-state index contributed by atoms with van der Waals surface area (Å²) in [6, 6.07) is 6.49. The highest BCUT2D eigenvalue weighted by molar-refractivity contribution is 5.56. The molecule has 0 radical (unpaired) electrons. The van der Waals surface area contributed by atoms with Gasteiger partial charge in [0.1, 0.15) is 0 Å². The van der Waals surface area contributed by atoms with Crippen molar-refractivity contribution < 1.29 is 0 Å². The normalized spacial score (nSPS) is 24.7. The van der Waals surface area contributed by atoms with Crippen LogP contribution in [-0.4, -0.2) is 6.54 Å². The SMILES string of the molecule is Cc1cccc(C)c1NC[C@H]1CC[C@H]1C. The van der Waals surface area contributed by atoms with E-state index in [1.165, 1.54) is 29.7 Å². The van der Waals surface area contributed by atoms with Crippen LogP contribution < -0.4 is 5.32 Å². The van der Waals surface area contributed by atoms with Crippen LogP contribution in [0.2, 0.25) is 0 Å². The Kier molecular flexibility index (Phi) is 2.99. The molecule has 1 aliphatic rings. The van der Waals surface area contributed by atoms with Gasteiger partial charge >= 0.3 is 0 Å². The Morgan fingerprint density at radius 3 is 2.33 bits per heavy atom. The summed E-state index contributed by atoms with van der Waals surface area (Å²) < 4.78 is 0. The van der Waals surface area contributed by atoms with Crippen LogP contribution >= 0.6 is 0 Å². The van der Waals surface area contributed by atoms with Gasteiger partial charge in [-0.1, -0.05) is 31.5 Å². The predicted octanol–water partition coefficient (Wildman–Crippen LogP) is 3.76. The summed E-state index contributed by atoms with van der Waals surface area (Å²) in [5, 5.41) is 3.61. The highest BCUT2D eigenvalue weighted by Gasteiger charge is 2.26. The van der Waals surface area contributed by atoms with Gasteiger partial charge < -0.3 is 5.32 Å². The maximum atomic E-state index is 3.61. The lowest BCUT2D eigenvalue weighted by atomic mass is 9.75. The molecule has 82 valence electrons. The molecule has 1 N–H and O–H groups in total. The fourth-order valence-electron chi connectivity index (χ4n) is 2.37. The first-order valence-electron chi connectivity index (χ1n) is 5.98. The van der Waals surface area contributed by atoms with Gasteiger partial charge in [0, 0.05) is 12.2 Å². The van der Waals surface area contributed by atoms with E-state index < -0.39 is 0 Å². The maximum absolute atomic E-state index is 3.61. The van der Waals surface area contributed by atoms with Crippen LogP contribution in [0.15, 0.2) is 18.2 Å². The van der Waals surface area contributed by atoms with Crippen LogP contribution in [-0.2, 0) is 0 Å². The fraction of sp³-hybridized carbons (Fsp3) is 0.571. The van der Waals surface area contributed by atoms with Gasteiger partial charge in [-0.15, -0.1) is 0 Å².